The molecule has 0 amide bonds. The lowest BCUT2D eigenvalue weighted by atomic mass is 10.1. The molecule has 1 aromatic rings. The molecule has 2 heterocycles. The van der Waals surface area contributed by atoms with Crippen LogP contribution in [0.5, 0.6) is 0 Å². The van der Waals surface area contributed by atoms with Crippen molar-refractivity contribution in [1.82, 2.24) is 9.97 Å². The number of halogens is 4. The van der Waals surface area contributed by atoms with E-state index in [4.69, 9.17) is 11.6 Å². The average molecular weight is 294 g/mol. The number of hydrogen-bond acceptors (Lipinski definition) is 3. The molecule has 1 aliphatic rings. The van der Waals surface area contributed by atoms with Crippen LogP contribution in [0.2, 0.25) is 5.15 Å². The zero-order valence-electron chi connectivity index (χ0n) is 10.4. The summed E-state index contributed by atoms with van der Waals surface area (Å²) in [5, 5.41) is -0.167. The Bertz CT molecular complexity index is 429. The van der Waals surface area contributed by atoms with Crippen LogP contribution < -0.4 is 4.90 Å². The van der Waals surface area contributed by atoms with Gasteiger partial charge in [-0.1, -0.05) is 30.9 Å². The standard InChI is InChI=1S/C12H15ClF3N3/c13-9-8-10(18-11(17-9)12(14,15)16)19-6-4-2-1-3-5-7-19/h8H,1-7H2. The number of nitrogens with zero attached hydrogens (tertiary/aromatic N) is 3. The Morgan fingerprint density at radius 3 is 2.16 bits per heavy atom. The van der Waals surface area contributed by atoms with Gasteiger partial charge in [0, 0.05) is 19.2 Å². The third kappa shape index (κ3) is 3.96. The summed E-state index contributed by atoms with van der Waals surface area (Å²) < 4.78 is 38.0. The van der Waals surface area contributed by atoms with Gasteiger partial charge in [-0.2, -0.15) is 13.2 Å². The maximum Gasteiger partial charge on any atom is 0.451 e. The quantitative estimate of drug-likeness (QED) is 0.735. The smallest absolute Gasteiger partial charge is 0.356 e. The lowest BCUT2D eigenvalue weighted by Gasteiger charge is -2.26. The van der Waals surface area contributed by atoms with Gasteiger partial charge in [-0.3, -0.25) is 0 Å². The molecule has 1 aromatic heterocycles. The minimum absolute atomic E-state index is 0.167. The Morgan fingerprint density at radius 2 is 1.58 bits per heavy atom. The second-order valence-electron chi connectivity index (χ2n) is 4.63. The zero-order chi connectivity index (χ0) is 13.9. The van der Waals surface area contributed by atoms with Gasteiger partial charge in [0.1, 0.15) is 11.0 Å². The minimum Gasteiger partial charge on any atom is -0.356 e. The molecule has 1 fully saturated rings. The molecule has 1 saturated heterocycles. The summed E-state index contributed by atoms with van der Waals surface area (Å²) in [5.74, 6) is -0.897. The molecule has 2 rings (SSSR count). The van der Waals surface area contributed by atoms with E-state index in [2.05, 4.69) is 9.97 Å². The van der Waals surface area contributed by atoms with E-state index in [1.807, 2.05) is 4.90 Å². The SMILES string of the molecule is FC(F)(F)c1nc(Cl)cc(N2CCCCCCC2)n1. The second kappa shape index (κ2) is 5.94. The molecule has 0 radical (unpaired) electrons. The number of alkyl halides is 3. The van der Waals surface area contributed by atoms with Crippen LogP contribution in [0.25, 0.3) is 0 Å². The highest BCUT2D eigenvalue weighted by Gasteiger charge is 2.35. The molecule has 0 aromatic carbocycles. The van der Waals surface area contributed by atoms with Crippen LogP contribution in [0.3, 0.4) is 0 Å². The first-order chi connectivity index (χ1) is 8.97. The molecule has 0 N–H and O–H groups in total. The molecule has 7 heteroatoms. The molecular formula is C12H15ClF3N3. The highest BCUT2D eigenvalue weighted by Crippen LogP contribution is 2.29. The van der Waals surface area contributed by atoms with Gasteiger partial charge in [-0.05, 0) is 12.8 Å². The van der Waals surface area contributed by atoms with Crippen molar-refractivity contribution in [2.45, 2.75) is 38.3 Å². The maximum atomic E-state index is 12.7. The van der Waals surface area contributed by atoms with Crippen molar-refractivity contribution in [2.75, 3.05) is 18.0 Å². The van der Waals surface area contributed by atoms with E-state index in [1.54, 1.807) is 0 Å². The van der Waals surface area contributed by atoms with Crippen molar-refractivity contribution in [1.29, 1.82) is 0 Å². The normalized spacial score (nSPS) is 18.0. The van der Waals surface area contributed by atoms with Crippen molar-refractivity contribution < 1.29 is 13.2 Å². The summed E-state index contributed by atoms with van der Waals surface area (Å²) in [6.07, 6.45) is 0.739. The lowest BCUT2D eigenvalue weighted by Crippen LogP contribution is -2.29. The van der Waals surface area contributed by atoms with Gasteiger partial charge in [-0.25, -0.2) is 9.97 Å². The van der Waals surface area contributed by atoms with Crippen molar-refractivity contribution in [3.05, 3.63) is 17.0 Å². The molecule has 0 atom stereocenters. The van der Waals surface area contributed by atoms with Gasteiger partial charge in [0.2, 0.25) is 5.82 Å². The molecule has 0 aliphatic carbocycles. The average Bonchev–Trinajstić information content (AvgIpc) is 2.26. The summed E-state index contributed by atoms with van der Waals surface area (Å²) in [6.45, 7) is 1.43. The van der Waals surface area contributed by atoms with Gasteiger partial charge >= 0.3 is 6.18 Å². The Morgan fingerprint density at radius 1 is 1.00 bits per heavy atom. The zero-order valence-corrected chi connectivity index (χ0v) is 11.1. The van der Waals surface area contributed by atoms with Crippen molar-refractivity contribution in [3.8, 4) is 0 Å². The summed E-state index contributed by atoms with van der Waals surface area (Å²) in [4.78, 5) is 8.71. The molecule has 0 saturated carbocycles. The van der Waals surface area contributed by atoms with Crippen molar-refractivity contribution in [2.24, 2.45) is 0 Å². The molecule has 0 bridgehead atoms. The van der Waals surface area contributed by atoms with E-state index < -0.39 is 12.0 Å². The highest BCUT2D eigenvalue weighted by atomic mass is 35.5. The Hall–Kier alpha value is -1.04. The van der Waals surface area contributed by atoms with Crippen LogP contribution in [-0.4, -0.2) is 23.1 Å². The Balaban J connectivity index is 2.24. The van der Waals surface area contributed by atoms with Crippen molar-refractivity contribution in [3.63, 3.8) is 0 Å². The summed E-state index contributed by atoms with van der Waals surface area (Å²) >= 11 is 5.67. The predicted octanol–water partition coefficient (Wildman–Crippen LogP) is 3.92. The van der Waals surface area contributed by atoms with E-state index in [9.17, 15) is 13.2 Å². The highest BCUT2D eigenvalue weighted by molar-refractivity contribution is 6.29. The largest absolute Gasteiger partial charge is 0.451 e. The van der Waals surface area contributed by atoms with E-state index >= 15 is 0 Å². The van der Waals surface area contributed by atoms with Gasteiger partial charge < -0.3 is 4.90 Å². The molecule has 0 spiro atoms. The maximum absolute atomic E-state index is 12.7. The van der Waals surface area contributed by atoms with Crippen LogP contribution in [-0.2, 0) is 6.18 Å². The van der Waals surface area contributed by atoms with Gasteiger partial charge in [0.25, 0.3) is 0 Å². The van der Waals surface area contributed by atoms with Crippen LogP contribution in [0.1, 0.15) is 37.9 Å². The van der Waals surface area contributed by atoms with Gasteiger partial charge in [0.15, 0.2) is 0 Å². The van der Waals surface area contributed by atoms with Crippen molar-refractivity contribution >= 4 is 17.4 Å². The number of hydrogen-bond donors (Lipinski definition) is 0. The summed E-state index contributed by atoms with van der Waals surface area (Å²) in [7, 11) is 0. The summed E-state index contributed by atoms with van der Waals surface area (Å²) in [6, 6.07) is 1.40. The second-order valence-corrected chi connectivity index (χ2v) is 5.01. The van der Waals surface area contributed by atoms with Crippen LogP contribution in [0.4, 0.5) is 19.0 Å². The van der Waals surface area contributed by atoms with E-state index in [1.165, 1.54) is 12.5 Å². The number of anilines is 1. The first-order valence-corrected chi connectivity index (χ1v) is 6.71. The molecule has 0 unspecified atom stereocenters. The number of rotatable bonds is 1. The molecule has 1 aliphatic heterocycles. The molecular weight excluding hydrogens is 279 g/mol. The van der Waals surface area contributed by atoms with Crippen LogP contribution in [0, 0.1) is 0 Å². The van der Waals surface area contributed by atoms with E-state index in [-0.39, 0.29) is 11.0 Å². The molecule has 19 heavy (non-hydrogen) atoms. The third-order valence-electron chi connectivity index (χ3n) is 3.11. The van der Waals surface area contributed by atoms with E-state index in [0.717, 1.165) is 25.7 Å². The fraction of sp³-hybridized carbons (Fsp3) is 0.667. The van der Waals surface area contributed by atoms with Crippen LogP contribution in [0.15, 0.2) is 6.07 Å². The minimum atomic E-state index is -4.57. The van der Waals surface area contributed by atoms with E-state index in [0.29, 0.717) is 13.1 Å². The van der Waals surface area contributed by atoms with Gasteiger partial charge in [-0.15, -0.1) is 0 Å². The fourth-order valence-corrected chi connectivity index (χ4v) is 2.35. The molecule has 106 valence electrons. The van der Waals surface area contributed by atoms with Crippen LogP contribution >= 0.6 is 11.6 Å². The topological polar surface area (TPSA) is 29.0 Å². The molecule has 3 nitrogen and oxygen atoms in total. The lowest BCUT2D eigenvalue weighted by molar-refractivity contribution is -0.144. The fourth-order valence-electron chi connectivity index (χ4n) is 2.17. The first-order valence-electron chi connectivity index (χ1n) is 6.33. The monoisotopic (exact) mass is 293 g/mol. The summed E-state index contributed by atoms with van der Waals surface area (Å²) in [5.41, 5.74) is 0. The number of aromatic nitrogens is 2. The first kappa shape index (κ1) is 14.4. The third-order valence-corrected chi connectivity index (χ3v) is 3.31. The van der Waals surface area contributed by atoms with Gasteiger partial charge in [0.05, 0.1) is 0 Å². The predicted molar refractivity (Wildman–Crippen MR) is 67.3 cm³/mol. The Kier molecular flexibility index (Phi) is 4.50. The Labute approximate surface area is 114 Å².